The first-order valence-electron chi connectivity index (χ1n) is 5.30. The molecule has 6 nitrogen and oxygen atoms in total. The molecule has 0 radical (unpaired) electrons. The molecule has 0 saturated carbocycles. The van der Waals surface area contributed by atoms with Crippen LogP contribution in [0.3, 0.4) is 0 Å². The number of terminal acetylenes is 1. The average molecular weight is 242 g/mol. The van der Waals surface area contributed by atoms with E-state index in [4.69, 9.17) is 6.42 Å². The van der Waals surface area contributed by atoms with Crippen molar-refractivity contribution in [1.82, 2.24) is 15.0 Å². The highest BCUT2D eigenvalue weighted by Gasteiger charge is 2.10. The molecule has 0 amide bonds. The smallest absolute Gasteiger partial charge is 0.258 e. The summed E-state index contributed by atoms with van der Waals surface area (Å²) in [6.45, 7) is 0. The summed E-state index contributed by atoms with van der Waals surface area (Å²) < 4.78 is 1.56. The van der Waals surface area contributed by atoms with Gasteiger partial charge in [-0.25, -0.2) is 4.68 Å². The molecule has 0 spiro atoms. The van der Waals surface area contributed by atoms with Crippen LogP contribution in [0.1, 0.15) is 12.1 Å². The van der Waals surface area contributed by atoms with E-state index >= 15 is 0 Å². The first-order chi connectivity index (χ1) is 8.72. The first-order valence-corrected chi connectivity index (χ1v) is 5.30. The van der Waals surface area contributed by atoms with Crippen LogP contribution in [0.4, 0.5) is 5.69 Å². The average Bonchev–Trinajstić information content (AvgIpc) is 2.84. The van der Waals surface area contributed by atoms with E-state index in [0.29, 0.717) is 18.5 Å². The molecule has 0 bridgehead atoms. The van der Waals surface area contributed by atoms with E-state index in [1.54, 1.807) is 23.0 Å². The molecular weight excluding hydrogens is 232 g/mol. The zero-order valence-corrected chi connectivity index (χ0v) is 9.48. The van der Waals surface area contributed by atoms with Crippen molar-refractivity contribution in [2.24, 2.45) is 0 Å². The van der Waals surface area contributed by atoms with Crippen LogP contribution in [0.15, 0.2) is 30.5 Å². The van der Waals surface area contributed by atoms with Gasteiger partial charge in [-0.15, -0.1) is 17.4 Å². The Hall–Kier alpha value is -2.68. The Morgan fingerprint density at radius 3 is 3.06 bits per heavy atom. The van der Waals surface area contributed by atoms with Crippen LogP contribution < -0.4 is 0 Å². The molecule has 0 atom stereocenters. The SMILES string of the molecule is C#CCCc1cnnn1-c1cccc([N+](=O)[O-])c1. The largest absolute Gasteiger partial charge is 0.271 e. The molecule has 0 aliphatic carbocycles. The molecule has 0 N–H and O–H groups in total. The Morgan fingerprint density at radius 2 is 2.33 bits per heavy atom. The molecule has 1 heterocycles. The maximum atomic E-state index is 10.7. The highest BCUT2D eigenvalue weighted by atomic mass is 16.6. The molecular formula is C12H10N4O2. The number of nitro groups is 1. The number of non-ortho nitro benzene ring substituents is 1. The molecule has 2 aromatic rings. The summed E-state index contributed by atoms with van der Waals surface area (Å²) in [7, 11) is 0. The Kier molecular flexibility index (Phi) is 3.34. The van der Waals surface area contributed by atoms with Gasteiger partial charge in [0, 0.05) is 25.0 Å². The van der Waals surface area contributed by atoms with Crippen LogP contribution in [-0.2, 0) is 6.42 Å². The number of hydrogen-bond acceptors (Lipinski definition) is 4. The summed E-state index contributed by atoms with van der Waals surface area (Å²) in [4.78, 5) is 10.3. The van der Waals surface area contributed by atoms with Crippen molar-refractivity contribution in [1.29, 1.82) is 0 Å². The Morgan fingerprint density at radius 1 is 1.50 bits per heavy atom. The van der Waals surface area contributed by atoms with Crippen molar-refractivity contribution in [3.63, 3.8) is 0 Å². The van der Waals surface area contributed by atoms with E-state index in [1.165, 1.54) is 12.1 Å². The van der Waals surface area contributed by atoms with Crippen LogP contribution in [0.25, 0.3) is 5.69 Å². The van der Waals surface area contributed by atoms with Gasteiger partial charge in [-0.1, -0.05) is 11.3 Å². The molecule has 0 fully saturated rings. The second-order valence-corrected chi connectivity index (χ2v) is 3.62. The molecule has 0 unspecified atom stereocenters. The van der Waals surface area contributed by atoms with Crippen molar-refractivity contribution in [2.75, 3.05) is 0 Å². The van der Waals surface area contributed by atoms with Crippen molar-refractivity contribution < 1.29 is 4.92 Å². The Labute approximate surface area is 103 Å². The summed E-state index contributed by atoms with van der Waals surface area (Å²) in [5, 5.41) is 18.4. The van der Waals surface area contributed by atoms with Crippen LogP contribution in [-0.4, -0.2) is 19.9 Å². The number of nitrogens with zero attached hydrogens (tertiary/aromatic N) is 4. The van der Waals surface area contributed by atoms with Crippen molar-refractivity contribution in [3.05, 3.63) is 46.3 Å². The number of hydrogen-bond donors (Lipinski definition) is 0. The van der Waals surface area contributed by atoms with Crippen LogP contribution in [0.2, 0.25) is 0 Å². The lowest BCUT2D eigenvalue weighted by Crippen LogP contribution is -2.03. The Bertz CT molecular complexity index is 613. The van der Waals surface area contributed by atoms with Crippen molar-refractivity contribution in [2.45, 2.75) is 12.8 Å². The summed E-state index contributed by atoms with van der Waals surface area (Å²) in [5.41, 5.74) is 1.45. The van der Waals surface area contributed by atoms with Crippen LogP contribution in [0, 0.1) is 22.5 Å². The maximum absolute atomic E-state index is 10.7. The number of aromatic nitrogens is 3. The summed E-state index contributed by atoms with van der Waals surface area (Å²) in [5.74, 6) is 2.54. The van der Waals surface area contributed by atoms with E-state index in [2.05, 4.69) is 16.2 Å². The molecule has 1 aromatic carbocycles. The highest BCUT2D eigenvalue weighted by Crippen LogP contribution is 2.17. The number of rotatable bonds is 4. The zero-order chi connectivity index (χ0) is 13.0. The van der Waals surface area contributed by atoms with E-state index in [0.717, 1.165) is 5.69 Å². The number of aryl methyl sites for hydroxylation is 1. The van der Waals surface area contributed by atoms with Crippen molar-refractivity contribution in [3.8, 4) is 18.0 Å². The van der Waals surface area contributed by atoms with E-state index in [1.807, 2.05) is 0 Å². The summed E-state index contributed by atoms with van der Waals surface area (Å²) >= 11 is 0. The predicted octanol–water partition coefficient (Wildman–Crippen LogP) is 1.74. The van der Waals surface area contributed by atoms with Gasteiger partial charge in [0.2, 0.25) is 0 Å². The molecule has 18 heavy (non-hydrogen) atoms. The fourth-order valence-corrected chi connectivity index (χ4v) is 1.58. The van der Waals surface area contributed by atoms with Crippen LogP contribution >= 0.6 is 0 Å². The van der Waals surface area contributed by atoms with E-state index in [-0.39, 0.29) is 5.69 Å². The molecule has 1 aromatic heterocycles. The quantitative estimate of drug-likeness (QED) is 0.465. The molecule has 0 aliphatic heterocycles. The molecule has 6 heteroatoms. The Balaban J connectivity index is 2.37. The standard InChI is InChI=1S/C12H10N4O2/c1-2-3-5-12-9-13-14-15(12)10-6-4-7-11(8-10)16(17)18/h1,4,6-9H,3,5H2. The highest BCUT2D eigenvalue weighted by molar-refractivity contribution is 5.43. The van der Waals surface area contributed by atoms with Gasteiger partial charge in [0.25, 0.3) is 5.69 Å². The van der Waals surface area contributed by atoms with Crippen LogP contribution in [0.5, 0.6) is 0 Å². The van der Waals surface area contributed by atoms with Gasteiger partial charge in [0.1, 0.15) is 0 Å². The number of nitro benzene ring substituents is 1. The molecule has 0 saturated heterocycles. The third-order valence-corrected chi connectivity index (χ3v) is 2.43. The van der Waals surface area contributed by atoms with Gasteiger partial charge >= 0.3 is 0 Å². The molecule has 0 aliphatic rings. The molecule has 90 valence electrons. The topological polar surface area (TPSA) is 73.8 Å². The fourth-order valence-electron chi connectivity index (χ4n) is 1.58. The van der Waals surface area contributed by atoms with Gasteiger partial charge in [0.05, 0.1) is 22.5 Å². The molecule has 2 rings (SSSR count). The lowest BCUT2D eigenvalue weighted by Gasteiger charge is -2.04. The van der Waals surface area contributed by atoms with E-state index in [9.17, 15) is 10.1 Å². The third-order valence-electron chi connectivity index (χ3n) is 2.43. The van der Waals surface area contributed by atoms with Gasteiger partial charge in [-0.3, -0.25) is 10.1 Å². The third kappa shape index (κ3) is 2.35. The summed E-state index contributed by atoms with van der Waals surface area (Å²) in [6.07, 6.45) is 8.02. The first kappa shape index (κ1) is 11.8. The minimum absolute atomic E-state index is 0.0194. The van der Waals surface area contributed by atoms with Gasteiger partial charge in [-0.2, -0.15) is 0 Å². The second-order valence-electron chi connectivity index (χ2n) is 3.62. The van der Waals surface area contributed by atoms with E-state index < -0.39 is 4.92 Å². The van der Waals surface area contributed by atoms with Gasteiger partial charge in [0.15, 0.2) is 0 Å². The van der Waals surface area contributed by atoms with Crippen molar-refractivity contribution >= 4 is 5.69 Å². The minimum Gasteiger partial charge on any atom is -0.258 e. The second kappa shape index (κ2) is 5.10. The van der Waals surface area contributed by atoms with Gasteiger partial charge in [-0.05, 0) is 6.07 Å². The zero-order valence-electron chi connectivity index (χ0n) is 9.48. The monoisotopic (exact) mass is 242 g/mol. The minimum atomic E-state index is -0.443. The number of benzene rings is 1. The predicted molar refractivity (Wildman–Crippen MR) is 65.2 cm³/mol. The summed E-state index contributed by atoms with van der Waals surface area (Å²) in [6, 6.07) is 6.23. The lowest BCUT2D eigenvalue weighted by atomic mass is 10.2. The maximum Gasteiger partial charge on any atom is 0.271 e. The fraction of sp³-hybridized carbons (Fsp3) is 0.167. The normalized spacial score (nSPS) is 9.94. The van der Waals surface area contributed by atoms with Gasteiger partial charge < -0.3 is 0 Å². The lowest BCUT2D eigenvalue weighted by molar-refractivity contribution is -0.384.